The maximum Gasteiger partial charge on any atom is 0.274 e. The van der Waals surface area contributed by atoms with Crippen LogP contribution in [0.5, 0.6) is 0 Å². The molecule has 110 valence electrons. The number of benzene rings is 2. The van der Waals surface area contributed by atoms with Crippen molar-refractivity contribution >= 4 is 22.3 Å². The zero-order valence-electron chi connectivity index (χ0n) is 11.6. The molecule has 7 nitrogen and oxygen atoms in total. The first-order valence-corrected chi connectivity index (χ1v) is 6.49. The van der Waals surface area contributed by atoms with Gasteiger partial charge in [-0.1, -0.05) is 0 Å². The molecule has 0 fully saturated rings. The van der Waals surface area contributed by atoms with Gasteiger partial charge >= 0.3 is 0 Å². The molecule has 3 aromatic rings. The molecule has 0 unspecified atom stereocenters. The molecular formula is C15H11N3O4. The first kappa shape index (κ1) is 13.7. The maximum atomic E-state index is 11.1. The van der Waals surface area contributed by atoms with Gasteiger partial charge in [0.25, 0.3) is 11.4 Å². The van der Waals surface area contributed by atoms with Crippen LogP contribution >= 0.6 is 0 Å². The molecule has 0 aliphatic carbocycles. The highest BCUT2D eigenvalue weighted by molar-refractivity contribution is 5.88. The van der Waals surface area contributed by atoms with Gasteiger partial charge in [0.15, 0.2) is 0 Å². The molecule has 0 atom stereocenters. The number of nitro groups is 2. The van der Waals surface area contributed by atoms with Gasteiger partial charge in [-0.05, 0) is 31.2 Å². The lowest BCUT2D eigenvalue weighted by molar-refractivity contribution is -0.385. The molecule has 0 spiro atoms. The van der Waals surface area contributed by atoms with E-state index in [0.29, 0.717) is 11.3 Å². The number of nitrogens with zero attached hydrogens (tertiary/aromatic N) is 3. The summed E-state index contributed by atoms with van der Waals surface area (Å²) >= 11 is 0. The zero-order chi connectivity index (χ0) is 15.9. The molecule has 0 radical (unpaired) electrons. The van der Waals surface area contributed by atoms with E-state index in [1.807, 2.05) is 6.07 Å². The average Bonchev–Trinajstić information content (AvgIpc) is 2.92. The summed E-state index contributed by atoms with van der Waals surface area (Å²) in [4.78, 5) is 20.9. The van der Waals surface area contributed by atoms with Gasteiger partial charge in [-0.15, -0.1) is 0 Å². The summed E-state index contributed by atoms with van der Waals surface area (Å²) in [5, 5.41) is 22.7. The van der Waals surface area contributed by atoms with E-state index < -0.39 is 9.85 Å². The van der Waals surface area contributed by atoms with Crippen LogP contribution in [0.4, 0.5) is 11.4 Å². The van der Waals surface area contributed by atoms with Gasteiger partial charge in [0, 0.05) is 35.5 Å². The second-order valence-corrected chi connectivity index (χ2v) is 4.86. The maximum absolute atomic E-state index is 11.1. The topological polar surface area (TPSA) is 91.2 Å². The summed E-state index contributed by atoms with van der Waals surface area (Å²) in [6, 6.07) is 11.1. The Balaban J connectivity index is 2.20. The van der Waals surface area contributed by atoms with Crippen molar-refractivity contribution < 1.29 is 9.85 Å². The summed E-state index contributed by atoms with van der Waals surface area (Å²) in [5.74, 6) is 0. The van der Waals surface area contributed by atoms with Crippen molar-refractivity contribution in [3.63, 3.8) is 0 Å². The molecule has 0 N–H and O–H groups in total. The predicted molar refractivity (Wildman–Crippen MR) is 81.3 cm³/mol. The van der Waals surface area contributed by atoms with Crippen LogP contribution in [-0.4, -0.2) is 14.4 Å². The highest BCUT2D eigenvalue weighted by atomic mass is 16.6. The van der Waals surface area contributed by atoms with E-state index in [-0.39, 0.29) is 11.4 Å². The fourth-order valence-corrected chi connectivity index (χ4v) is 2.54. The normalized spacial score (nSPS) is 10.8. The largest absolute Gasteiger partial charge is 0.316 e. The molecule has 0 bridgehead atoms. The Morgan fingerprint density at radius 2 is 1.59 bits per heavy atom. The van der Waals surface area contributed by atoms with Crippen molar-refractivity contribution in [1.82, 2.24) is 4.57 Å². The number of nitro benzene ring substituents is 2. The Kier molecular flexibility index (Phi) is 3.10. The lowest BCUT2D eigenvalue weighted by Gasteiger charge is -2.08. The van der Waals surface area contributed by atoms with Crippen molar-refractivity contribution in [3.8, 4) is 5.69 Å². The summed E-state index contributed by atoms with van der Waals surface area (Å²) < 4.78 is 1.79. The van der Waals surface area contributed by atoms with Crippen molar-refractivity contribution in [2.75, 3.05) is 0 Å². The minimum atomic E-state index is -0.465. The number of rotatable bonds is 3. The molecule has 2 aromatic carbocycles. The predicted octanol–water partition coefficient (Wildman–Crippen LogP) is 3.76. The van der Waals surface area contributed by atoms with Crippen LogP contribution in [0.25, 0.3) is 16.6 Å². The Labute approximate surface area is 124 Å². The third-order valence-electron chi connectivity index (χ3n) is 3.61. The number of aryl methyl sites for hydroxylation is 1. The van der Waals surface area contributed by atoms with Crippen LogP contribution in [0.1, 0.15) is 5.56 Å². The lowest BCUT2D eigenvalue weighted by Crippen LogP contribution is -1.97. The summed E-state index contributed by atoms with van der Waals surface area (Å²) in [7, 11) is 0. The molecule has 1 heterocycles. The second-order valence-electron chi connectivity index (χ2n) is 4.86. The smallest absolute Gasteiger partial charge is 0.274 e. The van der Waals surface area contributed by atoms with Crippen LogP contribution in [0, 0.1) is 27.2 Å². The quantitative estimate of drug-likeness (QED) is 0.543. The molecule has 0 aliphatic rings. The molecule has 0 amide bonds. The van der Waals surface area contributed by atoms with E-state index in [4.69, 9.17) is 0 Å². The minimum Gasteiger partial charge on any atom is -0.316 e. The van der Waals surface area contributed by atoms with Crippen LogP contribution in [0.2, 0.25) is 0 Å². The van der Waals surface area contributed by atoms with Crippen LogP contribution in [0.3, 0.4) is 0 Å². The van der Waals surface area contributed by atoms with Crippen molar-refractivity contribution in [3.05, 3.63) is 74.5 Å². The summed E-state index contributed by atoms with van der Waals surface area (Å²) in [5.41, 5.74) is 2.05. The van der Waals surface area contributed by atoms with Gasteiger partial charge in [-0.2, -0.15) is 0 Å². The third kappa shape index (κ3) is 2.08. The summed E-state index contributed by atoms with van der Waals surface area (Å²) in [6.45, 7) is 1.70. The highest BCUT2D eigenvalue weighted by Crippen LogP contribution is 2.30. The zero-order valence-corrected chi connectivity index (χ0v) is 11.6. The van der Waals surface area contributed by atoms with E-state index in [2.05, 4.69) is 0 Å². The fraction of sp³-hybridized carbons (Fsp3) is 0.0667. The number of fused-ring (bicyclic) bond motifs is 1. The Morgan fingerprint density at radius 1 is 0.909 bits per heavy atom. The third-order valence-corrected chi connectivity index (χ3v) is 3.61. The van der Waals surface area contributed by atoms with Crippen molar-refractivity contribution in [2.45, 2.75) is 6.92 Å². The number of hydrogen-bond acceptors (Lipinski definition) is 4. The Hall–Kier alpha value is -3.22. The van der Waals surface area contributed by atoms with E-state index in [1.165, 1.54) is 18.2 Å². The molecule has 7 heteroatoms. The fourth-order valence-electron chi connectivity index (χ4n) is 2.54. The summed E-state index contributed by atoms with van der Waals surface area (Å²) in [6.07, 6.45) is 1.79. The highest BCUT2D eigenvalue weighted by Gasteiger charge is 2.16. The van der Waals surface area contributed by atoms with Gasteiger partial charge in [0.2, 0.25) is 0 Å². The molecule has 3 rings (SSSR count). The van der Waals surface area contributed by atoms with Crippen LogP contribution in [-0.2, 0) is 0 Å². The number of hydrogen-bond donors (Lipinski definition) is 0. The molecule has 0 aliphatic heterocycles. The molecule has 0 saturated carbocycles. The van der Waals surface area contributed by atoms with Crippen LogP contribution in [0.15, 0.2) is 48.7 Å². The lowest BCUT2D eigenvalue weighted by atomic mass is 10.1. The standard InChI is InChI=1S/C15H11N3O4/c1-10-14(18(21)22)7-2-11-8-9-16(15(10)11)12-3-5-13(6-4-12)17(19)20/h2-9H,1H3. The Bertz CT molecular complexity index is 897. The molecule has 1 aromatic heterocycles. The first-order valence-electron chi connectivity index (χ1n) is 6.49. The van der Waals surface area contributed by atoms with Gasteiger partial charge in [-0.25, -0.2) is 0 Å². The molecule has 0 saturated heterocycles. The second kappa shape index (κ2) is 4.96. The molecule has 22 heavy (non-hydrogen) atoms. The van der Waals surface area contributed by atoms with Gasteiger partial charge in [0.05, 0.1) is 20.9 Å². The van der Waals surface area contributed by atoms with E-state index >= 15 is 0 Å². The van der Waals surface area contributed by atoms with Crippen molar-refractivity contribution in [1.29, 1.82) is 0 Å². The number of aromatic nitrogens is 1. The van der Waals surface area contributed by atoms with E-state index in [1.54, 1.807) is 35.9 Å². The average molecular weight is 297 g/mol. The monoisotopic (exact) mass is 297 g/mol. The SMILES string of the molecule is Cc1c([N+](=O)[O-])ccc2ccn(-c3ccc([N+](=O)[O-])cc3)c12. The van der Waals surface area contributed by atoms with Crippen molar-refractivity contribution in [2.24, 2.45) is 0 Å². The van der Waals surface area contributed by atoms with Gasteiger partial charge in [-0.3, -0.25) is 20.2 Å². The number of non-ortho nitro benzene ring substituents is 1. The van der Waals surface area contributed by atoms with Gasteiger partial charge < -0.3 is 4.57 Å². The van der Waals surface area contributed by atoms with Gasteiger partial charge in [0.1, 0.15) is 0 Å². The van der Waals surface area contributed by atoms with E-state index in [0.717, 1.165) is 10.9 Å². The van der Waals surface area contributed by atoms with E-state index in [9.17, 15) is 20.2 Å². The first-order chi connectivity index (χ1) is 10.5. The Morgan fingerprint density at radius 3 is 2.18 bits per heavy atom. The minimum absolute atomic E-state index is 0.00270. The molecular weight excluding hydrogens is 286 g/mol. The van der Waals surface area contributed by atoms with Crippen LogP contribution < -0.4 is 0 Å².